The van der Waals surface area contributed by atoms with Gasteiger partial charge in [-0.15, -0.1) is 0 Å². The number of esters is 1. The Balaban J connectivity index is 3.19. The molecule has 0 amide bonds. The third-order valence-electron chi connectivity index (χ3n) is 4.06. The third-order valence-corrected chi connectivity index (χ3v) is 4.06. The molecule has 0 saturated carbocycles. The number of aldehydes is 1. The molecule has 0 aliphatic rings. The minimum Gasteiger partial charge on any atom is -0.455 e. The zero-order valence-electron chi connectivity index (χ0n) is 14.8. The summed E-state index contributed by atoms with van der Waals surface area (Å²) in [6.45, 7) is 3.61. The lowest BCUT2D eigenvalue weighted by Gasteiger charge is -2.09. The highest BCUT2D eigenvalue weighted by Gasteiger charge is 2.09. The van der Waals surface area contributed by atoms with E-state index in [4.69, 9.17) is 4.74 Å². The summed E-state index contributed by atoms with van der Waals surface area (Å²) in [5.41, 5.74) is 0. The van der Waals surface area contributed by atoms with Crippen LogP contribution >= 0.6 is 0 Å². The van der Waals surface area contributed by atoms with E-state index in [1.807, 2.05) is 0 Å². The molecule has 0 aliphatic heterocycles. The lowest BCUT2D eigenvalue weighted by Crippen LogP contribution is -2.17. The molecule has 3 nitrogen and oxygen atoms in total. The number of rotatable bonds is 16. The summed E-state index contributed by atoms with van der Waals surface area (Å²) in [6.07, 6.45) is 17.9. The molecule has 0 bridgehead atoms. The number of hydrogen-bond acceptors (Lipinski definition) is 3. The largest absolute Gasteiger partial charge is 0.455 e. The van der Waals surface area contributed by atoms with Gasteiger partial charge in [-0.1, -0.05) is 84.0 Å². The van der Waals surface area contributed by atoms with Gasteiger partial charge in [-0.05, 0) is 12.8 Å². The van der Waals surface area contributed by atoms with Gasteiger partial charge in [0.05, 0.1) is 0 Å². The Morgan fingerprint density at radius 2 is 1.23 bits per heavy atom. The van der Waals surface area contributed by atoms with Crippen LogP contribution in [0.5, 0.6) is 0 Å². The van der Waals surface area contributed by atoms with Gasteiger partial charge < -0.3 is 4.74 Å². The number of ether oxygens (including phenoxy) is 1. The Hall–Kier alpha value is -0.860. The highest BCUT2D eigenvalue weighted by molar-refractivity contribution is 5.69. The molecule has 22 heavy (non-hydrogen) atoms. The number of carbonyl (C=O) groups excluding carboxylic acids is 2. The molecule has 0 radical (unpaired) electrons. The molecule has 0 fully saturated rings. The Labute approximate surface area is 137 Å². The van der Waals surface area contributed by atoms with Crippen molar-refractivity contribution in [1.29, 1.82) is 0 Å². The summed E-state index contributed by atoms with van der Waals surface area (Å²) in [6, 6.07) is 0. The van der Waals surface area contributed by atoms with Crippen LogP contribution in [0.25, 0.3) is 0 Å². The average molecular weight is 312 g/mol. The summed E-state index contributed by atoms with van der Waals surface area (Å²) in [5.74, 6) is -0.369. The van der Waals surface area contributed by atoms with Gasteiger partial charge in [0.2, 0.25) is 0 Å². The second kappa shape index (κ2) is 16.5. The first-order valence-electron chi connectivity index (χ1n) is 9.33. The standard InChI is InChI=1S/C19H36O3/c1-3-4-5-6-7-8-9-10-11-12-13-14-15-16-19(17-20)22-18(2)21/h17,19H,3-16H2,1-2H3. The maximum absolute atomic E-state index is 10.8. The van der Waals surface area contributed by atoms with Crippen LogP contribution in [-0.2, 0) is 14.3 Å². The van der Waals surface area contributed by atoms with Crippen molar-refractivity contribution >= 4 is 12.3 Å². The molecule has 1 atom stereocenters. The van der Waals surface area contributed by atoms with Gasteiger partial charge in [-0.2, -0.15) is 0 Å². The summed E-state index contributed by atoms with van der Waals surface area (Å²) in [7, 11) is 0. The van der Waals surface area contributed by atoms with E-state index >= 15 is 0 Å². The summed E-state index contributed by atoms with van der Waals surface area (Å²) >= 11 is 0. The first-order chi connectivity index (χ1) is 10.7. The fraction of sp³-hybridized carbons (Fsp3) is 0.895. The van der Waals surface area contributed by atoms with Gasteiger partial charge >= 0.3 is 5.97 Å². The monoisotopic (exact) mass is 312 g/mol. The van der Waals surface area contributed by atoms with Crippen molar-refractivity contribution in [1.82, 2.24) is 0 Å². The van der Waals surface area contributed by atoms with Gasteiger partial charge in [0, 0.05) is 6.92 Å². The molecule has 0 heterocycles. The lowest BCUT2D eigenvalue weighted by molar-refractivity contribution is -0.149. The zero-order valence-corrected chi connectivity index (χ0v) is 14.8. The molecule has 0 aliphatic carbocycles. The molecule has 0 spiro atoms. The quantitative estimate of drug-likeness (QED) is 0.212. The molecule has 0 aromatic heterocycles. The van der Waals surface area contributed by atoms with Crippen LogP contribution in [0.4, 0.5) is 0 Å². The Kier molecular flexibility index (Phi) is 15.9. The van der Waals surface area contributed by atoms with E-state index in [9.17, 15) is 9.59 Å². The second-order valence-corrected chi connectivity index (χ2v) is 6.32. The van der Waals surface area contributed by atoms with E-state index < -0.39 is 6.10 Å². The maximum Gasteiger partial charge on any atom is 0.303 e. The Morgan fingerprint density at radius 1 is 0.818 bits per heavy atom. The molecule has 0 aromatic rings. The van der Waals surface area contributed by atoms with Crippen molar-refractivity contribution in [3.63, 3.8) is 0 Å². The normalized spacial score (nSPS) is 12.1. The van der Waals surface area contributed by atoms with Crippen molar-refractivity contribution in [2.24, 2.45) is 0 Å². The zero-order chi connectivity index (χ0) is 16.5. The smallest absolute Gasteiger partial charge is 0.303 e. The minimum atomic E-state index is -0.537. The van der Waals surface area contributed by atoms with E-state index in [1.54, 1.807) is 0 Å². The molecule has 130 valence electrons. The first kappa shape index (κ1) is 21.1. The highest BCUT2D eigenvalue weighted by atomic mass is 16.5. The van der Waals surface area contributed by atoms with Crippen molar-refractivity contribution in [2.45, 2.75) is 110 Å². The second-order valence-electron chi connectivity index (χ2n) is 6.32. The van der Waals surface area contributed by atoms with Crippen molar-refractivity contribution in [3.8, 4) is 0 Å². The van der Waals surface area contributed by atoms with Gasteiger partial charge in [0.25, 0.3) is 0 Å². The molecule has 0 N–H and O–H groups in total. The number of hydrogen-bond donors (Lipinski definition) is 0. The van der Waals surface area contributed by atoms with Crippen LogP contribution in [0.1, 0.15) is 104 Å². The Morgan fingerprint density at radius 3 is 1.59 bits per heavy atom. The van der Waals surface area contributed by atoms with Gasteiger partial charge in [0.15, 0.2) is 12.4 Å². The molecule has 0 aromatic carbocycles. The topological polar surface area (TPSA) is 43.4 Å². The Bertz CT molecular complexity index is 263. The summed E-state index contributed by atoms with van der Waals surface area (Å²) in [5, 5.41) is 0. The molecular formula is C19H36O3. The molecule has 1 unspecified atom stereocenters. The van der Waals surface area contributed by atoms with Crippen LogP contribution < -0.4 is 0 Å². The van der Waals surface area contributed by atoms with Crippen LogP contribution in [0.15, 0.2) is 0 Å². The number of carbonyl (C=O) groups is 2. The average Bonchev–Trinajstić information content (AvgIpc) is 2.50. The lowest BCUT2D eigenvalue weighted by atomic mass is 10.0. The highest BCUT2D eigenvalue weighted by Crippen LogP contribution is 2.13. The van der Waals surface area contributed by atoms with Crippen LogP contribution in [0, 0.1) is 0 Å². The van der Waals surface area contributed by atoms with Gasteiger partial charge in [-0.3, -0.25) is 9.59 Å². The SMILES string of the molecule is CCCCCCCCCCCCCCCC(C=O)OC(C)=O. The van der Waals surface area contributed by atoms with Crippen molar-refractivity contribution in [3.05, 3.63) is 0 Å². The first-order valence-corrected chi connectivity index (χ1v) is 9.33. The fourth-order valence-electron chi connectivity index (χ4n) is 2.73. The minimum absolute atomic E-state index is 0.369. The van der Waals surface area contributed by atoms with Crippen LogP contribution in [0.3, 0.4) is 0 Å². The third kappa shape index (κ3) is 15.5. The molecule has 0 saturated heterocycles. The summed E-state index contributed by atoms with van der Waals surface area (Å²) in [4.78, 5) is 21.5. The van der Waals surface area contributed by atoms with E-state index in [1.165, 1.54) is 77.6 Å². The molecular weight excluding hydrogens is 276 g/mol. The van der Waals surface area contributed by atoms with E-state index in [0.29, 0.717) is 6.42 Å². The van der Waals surface area contributed by atoms with Crippen LogP contribution in [0.2, 0.25) is 0 Å². The van der Waals surface area contributed by atoms with Gasteiger partial charge in [0.1, 0.15) is 0 Å². The molecule has 0 rings (SSSR count). The predicted octanol–water partition coefficient (Wildman–Crippen LogP) is 5.60. The van der Waals surface area contributed by atoms with Crippen LogP contribution in [-0.4, -0.2) is 18.4 Å². The van der Waals surface area contributed by atoms with Crippen molar-refractivity contribution < 1.29 is 14.3 Å². The fourth-order valence-corrected chi connectivity index (χ4v) is 2.73. The molecule has 3 heteroatoms. The van der Waals surface area contributed by atoms with E-state index in [-0.39, 0.29) is 5.97 Å². The number of unbranched alkanes of at least 4 members (excludes halogenated alkanes) is 12. The van der Waals surface area contributed by atoms with Crippen molar-refractivity contribution in [2.75, 3.05) is 0 Å². The maximum atomic E-state index is 10.8. The van der Waals surface area contributed by atoms with Gasteiger partial charge in [-0.25, -0.2) is 0 Å². The van der Waals surface area contributed by atoms with E-state index in [2.05, 4.69) is 6.92 Å². The predicted molar refractivity (Wildman–Crippen MR) is 91.9 cm³/mol. The summed E-state index contributed by atoms with van der Waals surface area (Å²) < 4.78 is 4.90. The van der Waals surface area contributed by atoms with E-state index in [0.717, 1.165) is 19.1 Å².